The van der Waals surface area contributed by atoms with E-state index in [1.54, 1.807) is 18.2 Å². The second kappa shape index (κ2) is 6.99. The maximum Gasteiger partial charge on any atom is 0.270 e. The number of thioether (sulfide) groups is 1. The highest BCUT2D eigenvalue weighted by Gasteiger charge is 2.30. The number of nitro groups is 1. The molecule has 0 atom stereocenters. The molecular formula is C16H11ClN2O4S2. The number of nitro benzene ring substituents is 1. The second-order valence-corrected chi connectivity index (χ2v) is 7.13. The minimum absolute atomic E-state index is 0.0823. The Bertz CT molecular complexity index is 923. The highest BCUT2D eigenvalue weighted by molar-refractivity contribution is 8.26. The van der Waals surface area contributed by atoms with Gasteiger partial charge in [0.2, 0.25) is 0 Å². The molecular weight excluding hydrogens is 384 g/mol. The van der Waals surface area contributed by atoms with Gasteiger partial charge in [0.15, 0.2) is 0 Å². The van der Waals surface area contributed by atoms with Crippen LogP contribution in [-0.2, 0) is 4.79 Å². The summed E-state index contributed by atoms with van der Waals surface area (Å²) >= 11 is 12.5. The number of carbonyl (C=O) groups is 1. The van der Waals surface area contributed by atoms with Gasteiger partial charge >= 0.3 is 0 Å². The molecule has 2 heterocycles. The van der Waals surface area contributed by atoms with E-state index in [0.717, 1.165) is 0 Å². The molecule has 0 N–H and O–H groups in total. The smallest absolute Gasteiger partial charge is 0.270 e. The molecule has 6 nitrogen and oxygen atoms in total. The Hall–Kier alpha value is -2.16. The molecule has 1 fully saturated rings. The van der Waals surface area contributed by atoms with E-state index in [0.29, 0.717) is 37.9 Å². The number of carbonyl (C=O) groups excluding carboxylic acids is 1. The Morgan fingerprint density at radius 3 is 2.80 bits per heavy atom. The van der Waals surface area contributed by atoms with Gasteiger partial charge < -0.3 is 4.42 Å². The zero-order valence-electron chi connectivity index (χ0n) is 12.9. The van der Waals surface area contributed by atoms with Gasteiger partial charge in [0.05, 0.1) is 14.9 Å². The van der Waals surface area contributed by atoms with Crippen LogP contribution in [0.4, 0.5) is 5.69 Å². The zero-order valence-corrected chi connectivity index (χ0v) is 15.3. The summed E-state index contributed by atoms with van der Waals surface area (Å²) in [7, 11) is 0. The van der Waals surface area contributed by atoms with Gasteiger partial charge in [-0.05, 0) is 25.1 Å². The van der Waals surface area contributed by atoms with Gasteiger partial charge in [-0.2, -0.15) is 0 Å². The Kier molecular flexibility index (Phi) is 4.94. The van der Waals surface area contributed by atoms with Crippen molar-refractivity contribution in [1.82, 2.24) is 4.90 Å². The van der Waals surface area contributed by atoms with Gasteiger partial charge in [-0.25, -0.2) is 0 Å². The van der Waals surface area contributed by atoms with Gasteiger partial charge in [0.25, 0.3) is 11.6 Å². The third-order valence-corrected chi connectivity index (χ3v) is 5.22. The average molecular weight is 395 g/mol. The number of rotatable bonds is 4. The lowest BCUT2D eigenvalue weighted by Gasteiger charge is -2.09. The number of hydrogen-bond acceptors (Lipinski definition) is 6. The molecule has 0 bridgehead atoms. The van der Waals surface area contributed by atoms with Gasteiger partial charge in [-0.3, -0.25) is 19.8 Å². The molecule has 1 aliphatic heterocycles. The molecule has 0 spiro atoms. The number of likely N-dealkylation sites (N-methyl/N-ethyl adjacent to an activating group) is 1. The molecule has 9 heteroatoms. The van der Waals surface area contributed by atoms with E-state index in [9.17, 15) is 14.9 Å². The van der Waals surface area contributed by atoms with Crippen molar-refractivity contribution < 1.29 is 14.1 Å². The summed E-state index contributed by atoms with van der Waals surface area (Å²) < 4.78 is 6.20. The standard InChI is InChI=1S/C16H11ClN2O4S2/c1-2-18-15(20)14(25-16(18)24)8-10-4-6-13(23-10)11-7-9(19(21)22)3-5-12(11)17/h3-8H,2H2,1H3/b14-8-. The first-order valence-corrected chi connectivity index (χ1v) is 8.80. The normalized spacial score (nSPS) is 16.1. The fraction of sp³-hybridized carbons (Fsp3) is 0.125. The van der Waals surface area contributed by atoms with E-state index in [2.05, 4.69) is 0 Å². The summed E-state index contributed by atoms with van der Waals surface area (Å²) in [5.74, 6) is 0.656. The lowest BCUT2D eigenvalue weighted by atomic mass is 10.1. The molecule has 1 aromatic carbocycles. The van der Waals surface area contributed by atoms with Crippen molar-refractivity contribution in [2.75, 3.05) is 6.54 Å². The summed E-state index contributed by atoms with van der Waals surface area (Å²) in [6.07, 6.45) is 1.60. The summed E-state index contributed by atoms with van der Waals surface area (Å²) in [6.45, 7) is 2.36. The first kappa shape index (κ1) is 17.7. The van der Waals surface area contributed by atoms with Crippen molar-refractivity contribution in [3.63, 3.8) is 0 Å². The Morgan fingerprint density at radius 1 is 1.40 bits per heavy atom. The highest BCUT2D eigenvalue weighted by Crippen LogP contribution is 2.35. The predicted molar refractivity (Wildman–Crippen MR) is 101 cm³/mol. The monoisotopic (exact) mass is 394 g/mol. The minimum Gasteiger partial charge on any atom is -0.457 e. The molecule has 3 rings (SSSR count). The quantitative estimate of drug-likeness (QED) is 0.323. The van der Waals surface area contributed by atoms with Crippen molar-refractivity contribution in [2.45, 2.75) is 6.92 Å². The number of benzene rings is 1. The van der Waals surface area contributed by atoms with Crippen LogP contribution in [0.5, 0.6) is 0 Å². The topological polar surface area (TPSA) is 76.6 Å². The third kappa shape index (κ3) is 3.46. The first-order chi connectivity index (χ1) is 11.9. The Morgan fingerprint density at radius 2 is 2.16 bits per heavy atom. The van der Waals surface area contributed by atoms with Crippen LogP contribution in [0, 0.1) is 10.1 Å². The number of furan rings is 1. The van der Waals surface area contributed by atoms with Gasteiger partial charge in [0, 0.05) is 30.3 Å². The van der Waals surface area contributed by atoms with Crippen LogP contribution in [-0.4, -0.2) is 26.6 Å². The molecule has 0 saturated carbocycles. The van der Waals surface area contributed by atoms with Crippen LogP contribution in [0.1, 0.15) is 12.7 Å². The zero-order chi connectivity index (χ0) is 18.1. The molecule has 128 valence electrons. The average Bonchev–Trinajstić information content (AvgIpc) is 3.13. The first-order valence-electron chi connectivity index (χ1n) is 7.20. The van der Waals surface area contributed by atoms with Crippen LogP contribution in [0.2, 0.25) is 5.02 Å². The number of thiocarbonyl (C=S) groups is 1. The maximum absolute atomic E-state index is 12.2. The van der Waals surface area contributed by atoms with E-state index in [1.807, 2.05) is 6.92 Å². The summed E-state index contributed by atoms with van der Waals surface area (Å²) in [4.78, 5) is 24.6. The van der Waals surface area contributed by atoms with E-state index in [1.165, 1.54) is 34.9 Å². The summed E-state index contributed by atoms with van der Waals surface area (Å²) in [5, 5.41) is 11.3. The molecule has 1 aliphatic rings. The number of halogens is 1. The Balaban J connectivity index is 1.93. The molecule has 0 aliphatic carbocycles. The minimum atomic E-state index is -0.500. The van der Waals surface area contributed by atoms with Gasteiger partial charge in [-0.1, -0.05) is 35.6 Å². The van der Waals surface area contributed by atoms with E-state index < -0.39 is 4.92 Å². The number of nitrogens with zero attached hydrogens (tertiary/aromatic N) is 2. The summed E-state index contributed by atoms with van der Waals surface area (Å²) in [6, 6.07) is 7.44. The fourth-order valence-corrected chi connectivity index (χ4v) is 3.87. The van der Waals surface area contributed by atoms with E-state index in [4.69, 9.17) is 28.2 Å². The van der Waals surface area contributed by atoms with Crippen molar-refractivity contribution in [3.8, 4) is 11.3 Å². The maximum atomic E-state index is 12.2. The Labute approximate surface area is 157 Å². The fourth-order valence-electron chi connectivity index (χ4n) is 2.29. The van der Waals surface area contributed by atoms with Crippen LogP contribution in [0.15, 0.2) is 39.7 Å². The van der Waals surface area contributed by atoms with E-state index >= 15 is 0 Å². The van der Waals surface area contributed by atoms with Crippen LogP contribution in [0.3, 0.4) is 0 Å². The van der Waals surface area contributed by atoms with Crippen LogP contribution < -0.4 is 0 Å². The molecule has 2 aromatic rings. The van der Waals surface area contributed by atoms with E-state index in [-0.39, 0.29) is 11.6 Å². The number of amides is 1. The van der Waals surface area contributed by atoms with Crippen molar-refractivity contribution in [1.29, 1.82) is 0 Å². The number of non-ortho nitro benzene ring substituents is 1. The van der Waals surface area contributed by atoms with Crippen LogP contribution >= 0.6 is 35.6 Å². The molecule has 0 unspecified atom stereocenters. The molecule has 25 heavy (non-hydrogen) atoms. The van der Waals surface area contributed by atoms with Gasteiger partial charge in [-0.15, -0.1) is 0 Å². The largest absolute Gasteiger partial charge is 0.457 e. The van der Waals surface area contributed by atoms with Crippen molar-refractivity contribution >= 4 is 57.6 Å². The third-order valence-electron chi connectivity index (χ3n) is 3.52. The lowest BCUT2D eigenvalue weighted by Crippen LogP contribution is -2.27. The summed E-state index contributed by atoms with van der Waals surface area (Å²) in [5.41, 5.74) is 0.331. The number of hydrogen-bond donors (Lipinski definition) is 0. The van der Waals surface area contributed by atoms with Crippen molar-refractivity contribution in [3.05, 3.63) is 56.1 Å². The van der Waals surface area contributed by atoms with Gasteiger partial charge in [0.1, 0.15) is 15.8 Å². The predicted octanol–water partition coefficient (Wildman–Crippen LogP) is 4.73. The molecule has 1 aromatic heterocycles. The highest BCUT2D eigenvalue weighted by atomic mass is 35.5. The lowest BCUT2D eigenvalue weighted by molar-refractivity contribution is -0.384. The SMILES string of the molecule is CCN1C(=O)/C(=C/c2ccc(-c3cc([N+](=O)[O-])ccc3Cl)o2)SC1=S. The molecule has 1 saturated heterocycles. The molecule has 0 radical (unpaired) electrons. The van der Waals surface area contributed by atoms with Crippen LogP contribution in [0.25, 0.3) is 17.4 Å². The van der Waals surface area contributed by atoms with Crippen molar-refractivity contribution in [2.24, 2.45) is 0 Å². The molecule has 1 amide bonds. The second-order valence-electron chi connectivity index (χ2n) is 5.05.